The predicted octanol–water partition coefficient (Wildman–Crippen LogP) is 2.34. The molecule has 132 valence electrons. The van der Waals surface area contributed by atoms with Crippen LogP contribution in [-0.4, -0.2) is 47.8 Å². The van der Waals surface area contributed by atoms with Gasteiger partial charge in [-0.2, -0.15) is 0 Å². The van der Waals surface area contributed by atoms with Gasteiger partial charge in [-0.25, -0.2) is 0 Å². The van der Waals surface area contributed by atoms with E-state index in [1.165, 1.54) is 0 Å². The second kappa shape index (κ2) is 6.84. The molecule has 0 radical (unpaired) electrons. The van der Waals surface area contributed by atoms with Crippen LogP contribution >= 0.6 is 15.9 Å². The molecule has 0 aromatic heterocycles. The summed E-state index contributed by atoms with van der Waals surface area (Å²) in [4.78, 5) is 28.8. The average Bonchev–Trinajstić information content (AvgIpc) is 2.53. The Bertz CT molecular complexity index is 612. The summed E-state index contributed by atoms with van der Waals surface area (Å²) in [6.07, 6.45) is 0. The van der Waals surface area contributed by atoms with E-state index in [4.69, 9.17) is 5.73 Å². The summed E-state index contributed by atoms with van der Waals surface area (Å²) < 4.78 is 0.948. The van der Waals surface area contributed by atoms with Crippen LogP contribution in [0.25, 0.3) is 0 Å². The van der Waals surface area contributed by atoms with Crippen LogP contribution in [0.15, 0.2) is 28.7 Å². The predicted molar refractivity (Wildman–Crippen MR) is 98.3 cm³/mol. The van der Waals surface area contributed by atoms with E-state index in [1.54, 1.807) is 11.8 Å². The summed E-state index contributed by atoms with van der Waals surface area (Å²) in [7, 11) is 0. The van der Waals surface area contributed by atoms with Crippen molar-refractivity contribution < 1.29 is 9.59 Å². The summed E-state index contributed by atoms with van der Waals surface area (Å²) in [6, 6.07) is 7.49. The summed E-state index contributed by atoms with van der Waals surface area (Å²) >= 11 is 3.39. The lowest BCUT2D eigenvalue weighted by Gasteiger charge is -2.40. The van der Waals surface area contributed by atoms with E-state index in [9.17, 15) is 9.59 Å². The molecule has 6 heteroatoms. The van der Waals surface area contributed by atoms with Gasteiger partial charge in [0.25, 0.3) is 0 Å². The van der Waals surface area contributed by atoms with Crippen molar-refractivity contribution in [3.8, 4) is 0 Å². The molecule has 1 aromatic rings. The standard InChI is InChI=1S/C18H26BrN3O2/c1-17(2,3)15(23)21-9-11-22(12-10-21)16(24)18(4,20)13-5-7-14(19)8-6-13/h5-8H,9-12,20H2,1-4H3. The number of carbonyl (C=O) groups is 2. The number of hydrogen-bond donors (Lipinski definition) is 1. The van der Waals surface area contributed by atoms with Crippen LogP contribution < -0.4 is 5.73 Å². The number of nitrogens with zero attached hydrogens (tertiary/aromatic N) is 2. The number of amides is 2. The number of halogens is 1. The molecule has 0 saturated carbocycles. The smallest absolute Gasteiger partial charge is 0.247 e. The molecule has 1 aromatic carbocycles. The van der Waals surface area contributed by atoms with Gasteiger partial charge in [0.2, 0.25) is 11.8 Å². The minimum atomic E-state index is -1.07. The van der Waals surface area contributed by atoms with E-state index in [1.807, 2.05) is 49.9 Å². The van der Waals surface area contributed by atoms with Gasteiger partial charge in [0, 0.05) is 36.1 Å². The Morgan fingerprint density at radius 3 is 1.75 bits per heavy atom. The first-order valence-electron chi connectivity index (χ1n) is 8.17. The molecular weight excluding hydrogens is 370 g/mol. The number of nitrogens with two attached hydrogens (primary N) is 1. The third kappa shape index (κ3) is 3.98. The Labute approximate surface area is 152 Å². The second-order valence-electron chi connectivity index (χ2n) is 7.54. The molecule has 0 bridgehead atoms. The van der Waals surface area contributed by atoms with E-state index in [2.05, 4.69) is 15.9 Å². The monoisotopic (exact) mass is 395 g/mol. The molecule has 1 fully saturated rings. The fourth-order valence-electron chi connectivity index (χ4n) is 2.84. The maximum atomic E-state index is 12.9. The maximum absolute atomic E-state index is 12.9. The van der Waals surface area contributed by atoms with E-state index >= 15 is 0 Å². The Kier molecular flexibility index (Phi) is 5.40. The SMILES string of the molecule is CC(C)(C)C(=O)N1CCN(C(=O)C(C)(N)c2ccc(Br)cc2)CC1. The molecule has 1 atom stereocenters. The maximum Gasteiger partial charge on any atom is 0.247 e. The van der Waals surface area contributed by atoms with Crippen LogP contribution in [0.4, 0.5) is 0 Å². The van der Waals surface area contributed by atoms with E-state index in [0.717, 1.165) is 10.0 Å². The average molecular weight is 396 g/mol. The molecule has 2 amide bonds. The van der Waals surface area contributed by atoms with Crippen molar-refractivity contribution in [2.24, 2.45) is 11.1 Å². The van der Waals surface area contributed by atoms with E-state index < -0.39 is 11.0 Å². The molecule has 2 N–H and O–H groups in total. The number of carbonyl (C=O) groups excluding carboxylic acids is 2. The van der Waals surface area contributed by atoms with Crippen LogP contribution in [0.1, 0.15) is 33.3 Å². The molecule has 5 nitrogen and oxygen atoms in total. The third-order valence-electron chi connectivity index (χ3n) is 4.38. The van der Waals surface area contributed by atoms with Crippen molar-refractivity contribution in [3.05, 3.63) is 34.3 Å². The Balaban J connectivity index is 2.04. The second-order valence-corrected chi connectivity index (χ2v) is 8.46. The molecule has 2 rings (SSSR count). The molecule has 1 heterocycles. The summed E-state index contributed by atoms with van der Waals surface area (Å²) in [5, 5.41) is 0. The van der Waals surface area contributed by atoms with Gasteiger partial charge in [-0.15, -0.1) is 0 Å². The first-order chi connectivity index (χ1) is 11.0. The normalized spacial score (nSPS) is 18.2. The van der Waals surface area contributed by atoms with Crippen molar-refractivity contribution in [3.63, 3.8) is 0 Å². The van der Waals surface area contributed by atoms with Gasteiger partial charge in [0.05, 0.1) is 0 Å². The molecule has 24 heavy (non-hydrogen) atoms. The highest BCUT2D eigenvalue weighted by molar-refractivity contribution is 9.10. The Hall–Kier alpha value is -1.40. The van der Waals surface area contributed by atoms with Crippen LogP contribution in [0.3, 0.4) is 0 Å². The van der Waals surface area contributed by atoms with Crippen LogP contribution in [0.5, 0.6) is 0 Å². The molecule has 1 saturated heterocycles. The minimum Gasteiger partial charge on any atom is -0.339 e. The minimum absolute atomic E-state index is 0.104. The zero-order valence-corrected chi connectivity index (χ0v) is 16.4. The van der Waals surface area contributed by atoms with Crippen molar-refractivity contribution in [1.82, 2.24) is 9.80 Å². The number of benzene rings is 1. The number of rotatable bonds is 2. The van der Waals surface area contributed by atoms with Crippen molar-refractivity contribution in [2.45, 2.75) is 33.2 Å². The van der Waals surface area contributed by atoms with Gasteiger partial charge in [0.15, 0.2) is 0 Å². The first-order valence-corrected chi connectivity index (χ1v) is 8.96. The molecule has 0 spiro atoms. The van der Waals surface area contributed by atoms with Gasteiger partial charge in [-0.1, -0.05) is 48.8 Å². The van der Waals surface area contributed by atoms with Crippen LogP contribution in [0, 0.1) is 5.41 Å². The lowest BCUT2D eigenvalue weighted by Crippen LogP contribution is -2.58. The summed E-state index contributed by atoms with van der Waals surface area (Å²) in [5.74, 6) is 0.0192. The van der Waals surface area contributed by atoms with Gasteiger partial charge >= 0.3 is 0 Å². The van der Waals surface area contributed by atoms with E-state index in [-0.39, 0.29) is 11.8 Å². The molecular formula is C18H26BrN3O2. The first kappa shape index (κ1) is 18.9. The highest BCUT2D eigenvalue weighted by atomic mass is 79.9. The lowest BCUT2D eigenvalue weighted by atomic mass is 9.91. The zero-order chi connectivity index (χ0) is 18.1. The quantitative estimate of drug-likeness (QED) is 0.835. The van der Waals surface area contributed by atoms with Crippen molar-refractivity contribution >= 4 is 27.7 Å². The molecule has 1 unspecified atom stereocenters. The van der Waals surface area contributed by atoms with Crippen molar-refractivity contribution in [2.75, 3.05) is 26.2 Å². The number of piperazine rings is 1. The largest absolute Gasteiger partial charge is 0.339 e. The fraction of sp³-hybridized carbons (Fsp3) is 0.556. The van der Waals surface area contributed by atoms with Gasteiger partial charge in [-0.05, 0) is 24.6 Å². The highest BCUT2D eigenvalue weighted by Gasteiger charge is 2.37. The van der Waals surface area contributed by atoms with Crippen molar-refractivity contribution in [1.29, 1.82) is 0 Å². The fourth-order valence-corrected chi connectivity index (χ4v) is 3.10. The van der Waals surface area contributed by atoms with Crippen LogP contribution in [0.2, 0.25) is 0 Å². The zero-order valence-electron chi connectivity index (χ0n) is 14.8. The Morgan fingerprint density at radius 2 is 1.33 bits per heavy atom. The van der Waals surface area contributed by atoms with Gasteiger partial charge in [-0.3, -0.25) is 9.59 Å². The molecule has 1 aliphatic rings. The lowest BCUT2D eigenvalue weighted by molar-refractivity contribution is -0.146. The highest BCUT2D eigenvalue weighted by Crippen LogP contribution is 2.24. The van der Waals surface area contributed by atoms with Crippen LogP contribution in [-0.2, 0) is 15.1 Å². The van der Waals surface area contributed by atoms with Gasteiger partial charge < -0.3 is 15.5 Å². The third-order valence-corrected chi connectivity index (χ3v) is 4.91. The van der Waals surface area contributed by atoms with Gasteiger partial charge in [0.1, 0.15) is 5.54 Å². The molecule has 1 aliphatic heterocycles. The topological polar surface area (TPSA) is 66.6 Å². The summed E-state index contributed by atoms with van der Waals surface area (Å²) in [5.41, 5.74) is 5.65. The molecule has 0 aliphatic carbocycles. The Morgan fingerprint density at radius 1 is 0.917 bits per heavy atom. The summed E-state index contributed by atoms with van der Waals surface area (Å²) in [6.45, 7) is 9.63. The van der Waals surface area contributed by atoms with E-state index in [0.29, 0.717) is 26.2 Å². The number of hydrogen-bond acceptors (Lipinski definition) is 3.